The van der Waals surface area contributed by atoms with Crippen molar-refractivity contribution in [2.75, 3.05) is 24.9 Å². The largest absolute Gasteiger partial charge is 0.334 e. The maximum Gasteiger partial charge on any atom is 0.261 e. The highest BCUT2D eigenvalue weighted by Gasteiger charge is 2.29. The van der Waals surface area contributed by atoms with Gasteiger partial charge in [0.15, 0.2) is 0 Å². The third kappa shape index (κ3) is 4.81. The van der Waals surface area contributed by atoms with Crippen LogP contribution in [-0.4, -0.2) is 45.4 Å². The number of carbonyl (C=O) groups is 1. The van der Waals surface area contributed by atoms with Crippen molar-refractivity contribution in [3.8, 4) is 0 Å². The minimum Gasteiger partial charge on any atom is -0.334 e. The normalized spacial score (nSPS) is 16.5. The summed E-state index contributed by atoms with van der Waals surface area (Å²) in [6.07, 6.45) is 1.91. The molecule has 1 unspecified atom stereocenters. The molecule has 0 bridgehead atoms. The molecule has 0 aromatic heterocycles. The topological polar surface area (TPSA) is 78.5 Å². The smallest absolute Gasteiger partial charge is 0.261 e. The van der Waals surface area contributed by atoms with Crippen molar-refractivity contribution in [3.05, 3.63) is 59.9 Å². The van der Waals surface area contributed by atoms with E-state index in [4.69, 9.17) is 0 Å². The van der Waals surface area contributed by atoms with E-state index >= 15 is 0 Å². The molecule has 2 aromatic rings. The summed E-state index contributed by atoms with van der Waals surface area (Å²) in [6, 6.07) is 11.4. The third-order valence-electron chi connectivity index (χ3n) is 4.61. The number of para-hydroxylation sites is 1. The minimum absolute atomic E-state index is 0. The molecule has 9 heteroatoms. The van der Waals surface area contributed by atoms with Gasteiger partial charge in [-0.2, -0.15) is 0 Å². The predicted molar refractivity (Wildman–Crippen MR) is 109 cm³/mol. The fourth-order valence-electron chi connectivity index (χ4n) is 3.24. The lowest BCUT2D eigenvalue weighted by Crippen LogP contribution is -2.40. The fourth-order valence-corrected chi connectivity index (χ4v) is 4.31. The van der Waals surface area contributed by atoms with Gasteiger partial charge in [-0.3, -0.25) is 9.52 Å². The number of benzene rings is 2. The van der Waals surface area contributed by atoms with Crippen LogP contribution in [0.5, 0.6) is 0 Å². The highest BCUT2D eigenvalue weighted by atomic mass is 35.5. The van der Waals surface area contributed by atoms with E-state index in [1.54, 1.807) is 6.07 Å². The number of likely N-dealkylation sites (N-methyl/N-ethyl adjacent to an activating group) is 1. The number of halogens is 2. The van der Waals surface area contributed by atoms with Crippen molar-refractivity contribution in [3.63, 3.8) is 0 Å². The Kier molecular flexibility index (Phi) is 7.40. The number of nitrogens with zero attached hydrogens (tertiary/aromatic N) is 1. The molecule has 2 aromatic carbocycles. The molecule has 1 aliphatic rings. The number of hydrogen-bond donors (Lipinski definition) is 2. The number of nitrogens with one attached hydrogen (secondary N) is 2. The van der Waals surface area contributed by atoms with Crippen LogP contribution >= 0.6 is 12.4 Å². The van der Waals surface area contributed by atoms with Crippen molar-refractivity contribution < 1.29 is 17.6 Å². The van der Waals surface area contributed by atoms with Crippen LogP contribution in [0.3, 0.4) is 0 Å². The van der Waals surface area contributed by atoms with E-state index in [-0.39, 0.29) is 34.9 Å². The van der Waals surface area contributed by atoms with E-state index in [0.717, 1.165) is 19.4 Å². The van der Waals surface area contributed by atoms with Crippen molar-refractivity contribution in [1.29, 1.82) is 0 Å². The highest BCUT2D eigenvalue weighted by Crippen LogP contribution is 2.22. The standard InChI is InChI=1S/C19H22FN3O3S.ClH/c1-21-13-15-5-4-12-23(15)19(24)14-8-10-16(11-9-14)27(25,26)22-18-7-3-2-6-17(18)20;/h2-3,6-11,15,21-22H,4-5,12-13H2,1H3;1H. The first kappa shape index (κ1) is 22.1. The van der Waals surface area contributed by atoms with E-state index in [1.807, 2.05) is 11.9 Å². The Morgan fingerprint density at radius 2 is 1.86 bits per heavy atom. The minimum atomic E-state index is -3.94. The van der Waals surface area contributed by atoms with Crippen LogP contribution in [0.15, 0.2) is 53.4 Å². The van der Waals surface area contributed by atoms with Crippen LogP contribution < -0.4 is 10.0 Å². The average Bonchev–Trinajstić information content (AvgIpc) is 3.12. The van der Waals surface area contributed by atoms with Crippen LogP contribution in [0.2, 0.25) is 0 Å². The molecule has 1 aliphatic heterocycles. The van der Waals surface area contributed by atoms with E-state index < -0.39 is 15.8 Å². The maximum absolute atomic E-state index is 13.7. The second kappa shape index (κ2) is 9.36. The zero-order valence-corrected chi connectivity index (χ0v) is 17.0. The molecular weight excluding hydrogens is 405 g/mol. The summed E-state index contributed by atoms with van der Waals surface area (Å²) in [4.78, 5) is 14.5. The van der Waals surface area contributed by atoms with Crippen molar-refractivity contribution >= 4 is 34.0 Å². The Morgan fingerprint density at radius 3 is 2.50 bits per heavy atom. The summed E-state index contributed by atoms with van der Waals surface area (Å²) in [7, 11) is -2.09. The van der Waals surface area contributed by atoms with Gasteiger partial charge in [-0.25, -0.2) is 12.8 Å². The first-order valence-electron chi connectivity index (χ1n) is 8.75. The molecule has 1 fully saturated rings. The van der Waals surface area contributed by atoms with Gasteiger partial charge in [0.1, 0.15) is 5.82 Å². The Morgan fingerprint density at radius 1 is 1.18 bits per heavy atom. The fraction of sp³-hybridized carbons (Fsp3) is 0.316. The number of amides is 1. The molecule has 0 saturated carbocycles. The summed E-state index contributed by atoms with van der Waals surface area (Å²) in [6.45, 7) is 1.42. The second-order valence-corrected chi connectivity index (χ2v) is 8.14. The first-order chi connectivity index (χ1) is 12.9. The summed E-state index contributed by atoms with van der Waals surface area (Å²) in [5, 5.41) is 3.09. The van der Waals surface area contributed by atoms with Crippen molar-refractivity contribution in [2.24, 2.45) is 0 Å². The highest BCUT2D eigenvalue weighted by molar-refractivity contribution is 7.92. The third-order valence-corrected chi connectivity index (χ3v) is 5.99. The van der Waals surface area contributed by atoms with Crippen LogP contribution in [0, 0.1) is 5.82 Å². The Balaban J connectivity index is 0.00000280. The molecule has 1 saturated heterocycles. The van der Waals surface area contributed by atoms with Gasteiger partial charge >= 0.3 is 0 Å². The van der Waals surface area contributed by atoms with Crippen LogP contribution in [0.4, 0.5) is 10.1 Å². The zero-order valence-electron chi connectivity index (χ0n) is 15.4. The van der Waals surface area contributed by atoms with Gasteiger partial charge < -0.3 is 10.2 Å². The quantitative estimate of drug-likeness (QED) is 0.743. The number of hydrogen-bond acceptors (Lipinski definition) is 4. The van der Waals surface area contributed by atoms with Gasteiger partial charge in [-0.05, 0) is 56.3 Å². The van der Waals surface area contributed by atoms with Crippen LogP contribution in [0.25, 0.3) is 0 Å². The molecule has 6 nitrogen and oxygen atoms in total. The molecule has 0 radical (unpaired) electrons. The van der Waals surface area contributed by atoms with Gasteiger partial charge in [0.2, 0.25) is 0 Å². The van der Waals surface area contributed by atoms with Crippen molar-refractivity contribution in [2.45, 2.75) is 23.8 Å². The van der Waals surface area contributed by atoms with Gasteiger partial charge in [0, 0.05) is 24.7 Å². The molecule has 1 amide bonds. The summed E-state index contributed by atoms with van der Waals surface area (Å²) < 4.78 is 40.8. The molecule has 152 valence electrons. The van der Waals surface area contributed by atoms with E-state index in [9.17, 15) is 17.6 Å². The number of carbonyl (C=O) groups excluding carboxylic acids is 1. The molecule has 1 atom stereocenters. The van der Waals surface area contributed by atoms with Crippen LogP contribution in [0.1, 0.15) is 23.2 Å². The Labute approximate surface area is 170 Å². The number of anilines is 1. The number of sulfonamides is 1. The predicted octanol–water partition coefficient (Wildman–Crippen LogP) is 2.87. The van der Waals surface area contributed by atoms with E-state index in [2.05, 4.69) is 10.0 Å². The molecule has 1 heterocycles. The molecule has 3 rings (SSSR count). The van der Waals surface area contributed by atoms with Gasteiger partial charge in [0.25, 0.3) is 15.9 Å². The summed E-state index contributed by atoms with van der Waals surface area (Å²) in [5.74, 6) is -0.767. The molecule has 0 aliphatic carbocycles. The Bertz CT molecular complexity index is 922. The van der Waals surface area contributed by atoms with E-state index in [1.165, 1.54) is 42.5 Å². The molecular formula is C19H23ClFN3O3S. The summed E-state index contributed by atoms with van der Waals surface area (Å²) in [5.41, 5.74) is 0.312. The zero-order chi connectivity index (χ0) is 19.4. The van der Waals surface area contributed by atoms with E-state index in [0.29, 0.717) is 12.1 Å². The lowest BCUT2D eigenvalue weighted by molar-refractivity contribution is 0.0737. The number of likely N-dealkylation sites (tertiary alicyclic amines) is 1. The maximum atomic E-state index is 13.7. The van der Waals surface area contributed by atoms with Gasteiger partial charge in [-0.1, -0.05) is 12.1 Å². The Hall–Kier alpha value is -2.16. The molecule has 28 heavy (non-hydrogen) atoms. The lowest BCUT2D eigenvalue weighted by Gasteiger charge is -2.24. The monoisotopic (exact) mass is 427 g/mol. The number of rotatable bonds is 6. The van der Waals surface area contributed by atoms with Gasteiger partial charge in [0.05, 0.1) is 10.6 Å². The second-order valence-electron chi connectivity index (χ2n) is 6.46. The molecule has 2 N–H and O–H groups in total. The summed E-state index contributed by atoms with van der Waals surface area (Å²) >= 11 is 0. The lowest BCUT2D eigenvalue weighted by atomic mass is 10.1. The van der Waals surface area contributed by atoms with Crippen LogP contribution in [-0.2, 0) is 10.0 Å². The average molecular weight is 428 g/mol. The first-order valence-corrected chi connectivity index (χ1v) is 10.2. The molecule has 0 spiro atoms. The van der Waals surface area contributed by atoms with Crippen molar-refractivity contribution in [1.82, 2.24) is 10.2 Å². The van der Waals surface area contributed by atoms with Gasteiger partial charge in [-0.15, -0.1) is 12.4 Å². The SMILES string of the molecule is CNCC1CCCN1C(=O)c1ccc(S(=O)(=O)Nc2ccccc2F)cc1.Cl.